The van der Waals surface area contributed by atoms with Crippen molar-refractivity contribution in [1.82, 2.24) is 14.8 Å². The predicted molar refractivity (Wildman–Crippen MR) is 115 cm³/mol. The highest BCUT2D eigenvalue weighted by atomic mass is 19.4. The number of halogens is 6. The number of Topliss-reactive ketones (excluding diaryl/α,β-unsaturated/α-hetero) is 1. The van der Waals surface area contributed by atoms with Crippen molar-refractivity contribution in [2.75, 3.05) is 0 Å². The van der Waals surface area contributed by atoms with Gasteiger partial charge in [0.05, 0.1) is 17.1 Å². The molecule has 0 atom stereocenters. The lowest BCUT2D eigenvalue weighted by molar-refractivity contribution is -0.376. The number of nitrogens with zero attached hydrogens (tertiary/aromatic N) is 3. The molecule has 0 bridgehead atoms. The highest BCUT2D eigenvalue weighted by Gasteiger charge is 2.71. The summed E-state index contributed by atoms with van der Waals surface area (Å²) in [7, 11) is 0. The van der Waals surface area contributed by atoms with Crippen molar-refractivity contribution in [2.24, 2.45) is 0 Å². The molecule has 36 heavy (non-hydrogen) atoms. The SMILES string of the molecule is O=C1C=C(c2cc(-c3ccncc3)nn2-c2ccc(C(O)(C(F)(F)F)C(F)(F)F)cc2)CC(=O)CC1. The molecular formula is C24H17F6N3O3. The van der Waals surface area contributed by atoms with Gasteiger partial charge in [0.2, 0.25) is 0 Å². The molecule has 2 aromatic heterocycles. The molecule has 0 saturated heterocycles. The number of carbonyl (C=O) groups excluding carboxylic acids is 2. The van der Waals surface area contributed by atoms with Crippen LogP contribution in [0.5, 0.6) is 0 Å². The Morgan fingerprint density at radius 3 is 2.06 bits per heavy atom. The monoisotopic (exact) mass is 509 g/mol. The maximum atomic E-state index is 13.3. The van der Waals surface area contributed by atoms with Crippen molar-refractivity contribution < 1.29 is 41.0 Å². The molecule has 0 fully saturated rings. The Morgan fingerprint density at radius 1 is 0.861 bits per heavy atom. The lowest BCUT2D eigenvalue weighted by Crippen LogP contribution is -2.53. The average molecular weight is 509 g/mol. The largest absolute Gasteiger partial charge is 0.430 e. The third kappa shape index (κ3) is 4.55. The number of allylic oxidation sites excluding steroid dienone is 2. The Morgan fingerprint density at radius 2 is 1.47 bits per heavy atom. The summed E-state index contributed by atoms with van der Waals surface area (Å²) in [5.74, 6) is -0.508. The molecule has 3 aromatic rings. The topological polar surface area (TPSA) is 85.1 Å². The van der Waals surface area contributed by atoms with Gasteiger partial charge in [0.15, 0.2) is 5.78 Å². The zero-order valence-corrected chi connectivity index (χ0v) is 18.3. The molecular weight excluding hydrogens is 492 g/mol. The normalized spacial score (nSPS) is 15.6. The molecule has 0 amide bonds. The Hall–Kier alpha value is -3.80. The molecule has 1 N–H and O–H groups in total. The molecule has 0 spiro atoms. The molecule has 4 rings (SSSR count). The molecule has 2 heterocycles. The molecule has 0 radical (unpaired) electrons. The second-order valence-corrected chi connectivity index (χ2v) is 8.17. The Labute approximate surface area is 199 Å². The lowest BCUT2D eigenvalue weighted by Gasteiger charge is -2.32. The number of hydrogen-bond acceptors (Lipinski definition) is 5. The molecule has 0 saturated carbocycles. The van der Waals surface area contributed by atoms with E-state index in [1.807, 2.05) is 0 Å². The van der Waals surface area contributed by atoms with Crippen LogP contribution in [0.2, 0.25) is 0 Å². The van der Waals surface area contributed by atoms with Gasteiger partial charge in [-0.15, -0.1) is 0 Å². The van der Waals surface area contributed by atoms with Gasteiger partial charge in [-0.25, -0.2) is 4.68 Å². The van der Waals surface area contributed by atoms with Crippen molar-refractivity contribution in [3.05, 3.63) is 72.2 Å². The first-order valence-electron chi connectivity index (χ1n) is 10.5. The average Bonchev–Trinajstić information content (AvgIpc) is 3.19. The number of rotatable bonds is 4. The highest BCUT2D eigenvalue weighted by molar-refractivity contribution is 6.05. The van der Waals surface area contributed by atoms with Gasteiger partial charge in [0, 0.05) is 42.8 Å². The second kappa shape index (κ2) is 9.01. The van der Waals surface area contributed by atoms with Crippen molar-refractivity contribution in [1.29, 1.82) is 0 Å². The Kier molecular flexibility index (Phi) is 6.33. The van der Waals surface area contributed by atoms with Crippen LogP contribution < -0.4 is 0 Å². The zero-order valence-electron chi connectivity index (χ0n) is 18.3. The van der Waals surface area contributed by atoms with Gasteiger partial charge in [-0.3, -0.25) is 14.6 Å². The van der Waals surface area contributed by atoms with Gasteiger partial charge in [0.25, 0.3) is 5.60 Å². The zero-order chi connectivity index (χ0) is 26.3. The standard InChI is InChI=1S/C24H17F6N3O3/c25-23(26,27)22(36,24(28,29)30)16-1-3-17(4-2-16)33-21(15-11-18(34)5-6-19(35)12-15)13-20(32-33)14-7-9-31-10-8-14/h1-4,7-11,13,36H,5-6,12H2. The van der Waals surface area contributed by atoms with E-state index in [4.69, 9.17) is 0 Å². The molecule has 1 aliphatic carbocycles. The molecule has 12 heteroatoms. The molecule has 0 aliphatic heterocycles. The predicted octanol–water partition coefficient (Wildman–Crippen LogP) is 4.95. The van der Waals surface area contributed by atoms with E-state index < -0.39 is 23.5 Å². The number of aliphatic hydroxyl groups is 1. The van der Waals surface area contributed by atoms with Gasteiger partial charge < -0.3 is 5.11 Å². The minimum Gasteiger partial charge on any atom is -0.369 e. The number of pyridine rings is 1. The van der Waals surface area contributed by atoms with E-state index in [2.05, 4.69) is 10.1 Å². The van der Waals surface area contributed by atoms with E-state index in [0.29, 0.717) is 29.0 Å². The van der Waals surface area contributed by atoms with Gasteiger partial charge in [-0.2, -0.15) is 31.4 Å². The van der Waals surface area contributed by atoms with Crippen molar-refractivity contribution in [2.45, 2.75) is 37.2 Å². The first kappa shape index (κ1) is 25.3. The van der Waals surface area contributed by atoms with Crippen LogP contribution in [0.3, 0.4) is 0 Å². The number of carbonyl (C=O) groups is 2. The molecule has 1 aromatic carbocycles. The quantitative estimate of drug-likeness (QED) is 0.503. The summed E-state index contributed by atoms with van der Waals surface area (Å²) in [6.07, 6.45) is -7.80. The van der Waals surface area contributed by atoms with E-state index in [1.165, 1.54) is 23.2 Å². The maximum absolute atomic E-state index is 13.3. The van der Waals surface area contributed by atoms with E-state index in [0.717, 1.165) is 12.1 Å². The first-order valence-corrected chi connectivity index (χ1v) is 10.5. The smallest absolute Gasteiger partial charge is 0.369 e. The van der Waals surface area contributed by atoms with Crippen molar-refractivity contribution >= 4 is 17.1 Å². The van der Waals surface area contributed by atoms with E-state index in [1.54, 1.807) is 18.2 Å². The number of ketones is 2. The van der Waals surface area contributed by atoms with Crippen LogP contribution >= 0.6 is 0 Å². The summed E-state index contributed by atoms with van der Waals surface area (Å²) < 4.78 is 80.8. The number of hydrogen-bond donors (Lipinski definition) is 1. The van der Waals surface area contributed by atoms with Gasteiger partial charge >= 0.3 is 12.4 Å². The minimum absolute atomic E-state index is 0.0237. The molecule has 6 nitrogen and oxygen atoms in total. The Bertz CT molecular complexity index is 1310. The molecule has 188 valence electrons. The van der Waals surface area contributed by atoms with Crippen LogP contribution in [0.1, 0.15) is 30.5 Å². The summed E-state index contributed by atoms with van der Waals surface area (Å²) >= 11 is 0. The van der Waals surface area contributed by atoms with Crippen molar-refractivity contribution in [3.8, 4) is 16.9 Å². The second-order valence-electron chi connectivity index (χ2n) is 8.17. The van der Waals surface area contributed by atoms with Crippen LogP contribution in [0.25, 0.3) is 22.5 Å². The summed E-state index contributed by atoms with van der Waals surface area (Å²) in [5, 5.41) is 14.1. The van der Waals surface area contributed by atoms with Crippen LogP contribution in [-0.4, -0.2) is 43.8 Å². The van der Waals surface area contributed by atoms with E-state index in [9.17, 15) is 41.0 Å². The highest BCUT2D eigenvalue weighted by Crippen LogP contribution is 2.50. The molecule has 0 unspecified atom stereocenters. The fraction of sp³-hybridized carbons (Fsp3) is 0.250. The van der Waals surface area contributed by atoms with E-state index in [-0.39, 0.29) is 42.2 Å². The van der Waals surface area contributed by atoms with E-state index >= 15 is 0 Å². The van der Waals surface area contributed by atoms with Crippen LogP contribution in [-0.2, 0) is 15.2 Å². The summed E-state index contributed by atoms with van der Waals surface area (Å²) in [6, 6.07) is 7.70. The Balaban J connectivity index is 1.85. The fourth-order valence-corrected chi connectivity index (χ4v) is 3.85. The number of aromatic nitrogens is 3. The van der Waals surface area contributed by atoms with Gasteiger partial charge in [-0.05, 0) is 42.0 Å². The van der Waals surface area contributed by atoms with Crippen LogP contribution in [0.4, 0.5) is 26.3 Å². The van der Waals surface area contributed by atoms with Gasteiger partial charge in [-0.1, -0.05) is 12.1 Å². The number of alkyl halides is 6. The molecule has 1 aliphatic rings. The summed E-state index contributed by atoms with van der Waals surface area (Å²) in [5.41, 5.74) is -4.92. The maximum Gasteiger partial charge on any atom is 0.430 e. The lowest BCUT2D eigenvalue weighted by atomic mass is 9.92. The third-order valence-electron chi connectivity index (χ3n) is 5.74. The van der Waals surface area contributed by atoms with Crippen LogP contribution in [0, 0.1) is 0 Å². The minimum atomic E-state index is -6.02. The van der Waals surface area contributed by atoms with Crippen LogP contribution in [0.15, 0.2) is 60.9 Å². The first-order chi connectivity index (χ1) is 16.8. The number of benzene rings is 1. The fourth-order valence-electron chi connectivity index (χ4n) is 3.85. The summed E-state index contributed by atoms with van der Waals surface area (Å²) in [4.78, 5) is 28.3. The van der Waals surface area contributed by atoms with Crippen molar-refractivity contribution in [3.63, 3.8) is 0 Å². The van der Waals surface area contributed by atoms with Gasteiger partial charge in [0.1, 0.15) is 5.78 Å². The summed E-state index contributed by atoms with van der Waals surface area (Å²) in [6.45, 7) is 0. The third-order valence-corrected chi connectivity index (χ3v) is 5.74.